The Bertz CT molecular complexity index is 1340. The summed E-state index contributed by atoms with van der Waals surface area (Å²) in [4.78, 5) is 7.34. The Labute approximate surface area is 194 Å². The van der Waals surface area contributed by atoms with Crippen molar-refractivity contribution in [1.82, 2.24) is 29.3 Å². The van der Waals surface area contributed by atoms with E-state index in [0.29, 0.717) is 0 Å². The van der Waals surface area contributed by atoms with E-state index in [9.17, 15) is 0 Å². The van der Waals surface area contributed by atoms with Crippen LogP contribution in [0.2, 0.25) is 0 Å². The van der Waals surface area contributed by atoms with Crippen LogP contribution in [0.4, 0.5) is 0 Å². The molecular formula is C27H30N6. The van der Waals surface area contributed by atoms with Crippen LogP contribution in [-0.4, -0.2) is 29.3 Å². The summed E-state index contributed by atoms with van der Waals surface area (Å²) in [5.74, 6) is 2.10. The predicted molar refractivity (Wildman–Crippen MR) is 131 cm³/mol. The number of nitrogens with one attached hydrogen (secondary N) is 1. The highest BCUT2D eigenvalue weighted by Gasteiger charge is 2.14. The van der Waals surface area contributed by atoms with Gasteiger partial charge in [0.2, 0.25) is 0 Å². The average Bonchev–Trinajstić information content (AvgIpc) is 3.54. The van der Waals surface area contributed by atoms with Crippen molar-refractivity contribution in [3.8, 4) is 0 Å². The maximum atomic E-state index is 4.64. The Kier molecular flexibility index (Phi) is 6.07. The smallest absolute Gasteiger partial charge is 0.137 e. The van der Waals surface area contributed by atoms with Crippen LogP contribution in [0.15, 0.2) is 67.3 Å². The van der Waals surface area contributed by atoms with E-state index in [4.69, 9.17) is 0 Å². The fraction of sp³-hybridized carbons (Fsp3) is 0.296. The van der Waals surface area contributed by atoms with Crippen LogP contribution in [-0.2, 0) is 39.3 Å². The van der Waals surface area contributed by atoms with Gasteiger partial charge in [-0.05, 0) is 43.4 Å². The van der Waals surface area contributed by atoms with Gasteiger partial charge in [-0.1, -0.05) is 48.0 Å². The van der Waals surface area contributed by atoms with Crippen LogP contribution < -0.4 is 0 Å². The predicted octanol–water partition coefficient (Wildman–Crippen LogP) is 4.81. The lowest BCUT2D eigenvalue weighted by atomic mass is 10.1. The summed E-state index contributed by atoms with van der Waals surface area (Å²) in [6.45, 7) is 3.03. The van der Waals surface area contributed by atoms with Crippen LogP contribution in [0.1, 0.15) is 40.5 Å². The summed E-state index contributed by atoms with van der Waals surface area (Å²) in [6.07, 6.45) is 10.5. The third kappa shape index (κ3) is 4.75. The summed E-state index contributed by atoms with van der Waals surface area (Å²) in [6, 6.07) is 17.3. The molecule has 0 fully saturated rings. The van der Waals surface area contributed by atoms with Crippen molar-refractivity contribution in [1.29, 1.82) is 0 Å². The highest BCUT2D eigenvalue weighted by atomic mass is 15.3. The normalized spacial score (nSPS) is 11.5. The Hall–Kier alpha value is -3.67. The first-order valence-electron chi connectivity index (χ1n) is 11.6. The van der Waals surface area contributed by atoms with E-state index in [1.807, 2.05) is 6.20 Å². The molecule has 0 spiro atoms. The number of para-hydroxylation sites is 1. The molecule has 0 aliphatic rings. The molecule has 0 saturated carbocycles. The van der Waals surface area contributed by atoms with E-state index in [1.54, 1.807) is 6.33 Å². The zero-order valence-corrected chi connectivity index (χ0v) is 19.3. The van der Waals surface area contributed by atoms with Gasteiger partial charge in [0.05, 0.1) is 6.33 Å². The van der Waals surface area contributed by atoms with Crippen molar-refractivity contribution in [2.24, 2.45) is 7.05 Å². The first kappa shape index (κ1) is 21.2. The second kappa shape index (κ2) is 9.45. The fourth-order valence-electron chi connectivity index (χ4n) is 4.67. The Balaban J connectivity index is 1.37. The van der Waals surface area contributed by atoms with E-state index in [1.165, 1.54) is 33.3 Å². The highest BCUT2D eigenvalue weighted by Crippen LogP contribution is 2.22. The van der Waals surface area contributed by atoms with Gasteiger partial charge >= 0.3 is 0 Å². The molecule has 5 aromatic rings. The molecule has 33 heavy (non-hydrogen) atoms. The second-order valence-corrected chi connectivity index (χ2v) is 8.81. The standard InChI is InChI=1S/C27H30N6/c1-20-7-5-8-21(15-20)16-27-31-30-26(33(27)14-6-9-23-17-28-19-29-23)13-12-22-18-32(2)25-11-4-3-10-24(22)25/h3-5,7-8,10-11,15,17-19H,6,9,12-14,16H2,1-2H3,(H,28,29). The number of nitrogens with zero attached hydrogens (tertiary/aromatic N) is 5. The lowest BCUT2D eigenvalue weighted by Gasteiger charge is -2.11. The minimum absolute atomic E-state index is 0.799. The monoisotopic (exact) mass is 438 g/mol. The number of aromatic amines is 1. The van der Waals surface area contributed by atoms with Gasteiger partial charge in [-0.15, -0.1) is 10.2 Å². The van der Waals surface area contributed by atoms with Crippen molar-refractivity contribution < 1.29 is 0 Å². The van der Waals surface area contributed by atoms with Crippen LogP contribution in [0, 0.1) is 6.92 Å². The van der Waals surface area contributed by atoms with Crippen molar-refractivity contribution >= 4 is 10.9 Å². The maximum Gasteiger partial charge on any atom is 0.137 e. The van der Waals surface area contributed by atoms with Gasteiger partial charge in [0.25, 0.3) is 0 Å². The summed E-state index contributed by atoms with van der Waals surface area (Å²) < 4.78 is 4.55. The third-order valence-corrected chi connectivity index (χ3v) is 6.33. The summed E-state index contributed by atoms with van der Waals surface area (Å²) in [5, 5.41) is 10.6. The van der Waals surface area contributed by atoms with Crippen LogP contribution >= 0.6 is 0 Å². The quantitative estimate of drug-likeness (QED) is 0.359. The average molecular weight is 439 g/mol. The van der Waals surface area contributed by atoms with Crippen LogP contribution in [0.25, 0.3) is 10.9 Å². The number of rotatable bonds is 9. The molecule has 5 rings (SSSR count). The topological polar surface area (TPSA) is 64.3 Å². The molecule has 1 N–H and O–H groups in total. The molecule has 0 aliphatic heterocycles. The molecule has 168 valence electrons. The molecule has 6 heteroatoms. The molecule has 6 nitrogen and oxygen atoms in total. The van der Waals surface area contributed by atoms with Gasteiger partial charge in [0.1, 0.15) is 11.6 Å². The molecule has 0 bridgehead atoms. The molecule has 0 atom stereocenters. The SMILES string of the molecule is Cc1cccc(Cc2nnc(CCc3cn(C)c4ccccc34)n2CCCc2cnc[nH]2)c1. The number of benzene rings is 2. The number of aromatic nitrogens is 6. The minimum atomic E-state index is 0.799. The number of imidazole rings is 1. The first-order valence-corrected chi connectivity index (χ1v) is 11.6. The molecule has 3 heterocycles. The van der Waals surface area contributed by atoms with Gasteiger partial charge in [0.15, 0.2) is 0 Å². The molecule has 3 aromatic heterocycles. The third-order valence-electron chi connectivity index (χ3n) is 6.33. The van der Waals surface area contributed by atoms with Crippen molar-refractivity contribution in [3.05, 3.63) is 101 Å². The largest absolute Gasteiger partial charge is 0.350 e. The summed E-state index contributed by atoms with van der Waals surface area (Å²) in [5.41, 5.74) is 6.35. The van der Waals surface area contributed by atoms with Crippen molar-refractivity contribution in [3.63, 3.8) is 0 Å². The molecule has 0 saturated heterocycles. The lowest BCUT2D eigenvalue weighted by molar-refractivity contribution is 0.585. The van der Waals surface area contributed by atoms with Gasteiger partial charge in [-0.25, -0.2) is 4.98 Å². The maximum absolute atomic E-state index is 4.64. The van der Waals surface area contributed by atoms with Gasteiger partial charge in [-0.3, -0.25) is 0 Å². The number of aryl methyl sites for hydroxylation is 5. The summed E-state index contributed by atoms with van der Waals surface area (Å²) >= 11 is 0. The lowest BCUT2D eigenvalue weighted by Crippen LogP contribution is -2.10. The van der Waals surface area contributed by atoms with E-state index in [-0.39, 0.29) is 0 Å². The zero-order chi connectivity index (χ0) is 22.6. The van der Waals surface area contributed by atoms with Gasteiger partial charge < -0.3 is 14.1 Å². The van der Waals surface area contributed by atoms with E-state index in [2.05, 4.69) is 98.0 Å². The van der Waals surface area contributed by atoms with Gasteiger partial charge in [-0.2, -0.15) is 0 Å². The van der Waals surface area contributed by atoms with E-state index in [0.717, 1.165) is 50.3 Å². The number of hydrogen-bond acceptors (Lipinski definition) is 3. The second-order valence-electron chi connectivity index (χ2n) is 8.81. The summed E-state index contributed by atoms with van der Waals surface area (Å²) in [7, 11) is 2.11. The fourth-order valence-corrected chi connectivity index (χ4v) is 4.67. The number of fused-ring (bicyclic) bond motifs is 1. The molecule has 0 unspecified atom stereocenters. The first-order chi connectivity index (χ1) is 16.2. The van der Waals surface area contributed by atoms with Crippen LogP contribution in [0.3, 0.4) is 0 Å². The van der Waals surface area contributed by atoms with Crippen LogP contribution in [0.5, 0.6) is 0 Å². The van der Waals surface area contributed by atoms with Crippen molar-refractivity contribution in [2.75, 3.05) is 0 Å². The minimum Gasteiger partial charge on any atom is -0.350 e. The molecule has 2 aromatic carbocycles. The Morgan fingerprint density at radius 1 is 0.939 bits per heavy atom. The molecule has 0 radical (unpaired) electrons. The van der Waals surface area contributed by atoms with E-state index >= 15 is 0 Å². The molecule has 0 amide bonds. The Morgan fingerprint density at radius 3 is 2.67 bits per heavy atom. The molecular weight excluding hydrogens is 408 g/mol. The number of H-pyrrole nitrogens is 1. The van der Waals surface area contributed by atoms with E-state index < -0.39 is 0 Å². The van der Waals surface area contributed by atoms with Gasteiger partial charge in [0, 0.05) is 55.4 Å². The number of hydrogen-bond donors (Lipinski definition) is 1. The van der Waals surface area contributed by atoms with Crippen molar-refractivity contribution in [2.45, 2.75) is 45.6 Å². The Morgan fingerprint density at radius 2 is 1.82 bits per heavy atom. The zero-order valence-electron chi connectivity index (χ0n) is 19.3. The molecule has 0 aliphatic carbocycles. The highest BCUT2D eigenvalue weighted by molar-refractivity contribution is 5.83.